The number of benzene rings is 2. The van der Waals surface area contributed by atoms with E-state index in [4.69, 9.17) is 0 Å². The number of rotatable bonds is 3. The lowest BCUT2D eigenvalue weighted by Gasteiger charge is -2.03. The molecule has 1 aromatic heterocycles. The molecule has 0 unspecified atom stereocenters. The van der Waals surface area contributed by atoms with Gasteiger partial charge in [-0.3, -0.25) is 0 Å². The fourth-order valence-electron chi connectivity index (χ4n) is 2.28. The molecular formula is C16H14N2O. The van der Waals surface area contributed by atoms with Gasteiger partial charge in [0.1, 0.15) is 0 Å². The van der Waals surface area contributed by atoms with Gasteiger partial charge in [0, 0.05) is 29.1 Å². The third kappa shape index (κ3) is 2.22. The molecule has 3 aromatic rings. The van der Waals surface area contributed by atoms with Crippen LogP contribution in [0, 0.1) is 0 Å². The highest BCUT2D eigenvalue weighted by molar-refractivity contribution is 6.11. The van der Waals surface area contributed by atoms with Crippen LogP contribution >= 0.6 is 0 Å². The molecule has 2 aromatic carbocycles. The second-order valence-electron chi connectivity index (χ2n) is 4.46. The highest BCUT2D eigenvalue weighted by atomic mass is 16.4. The smallest absolute Gasteiger partial charge is 0.0932 e. The van der Waals surface area contributed by atoms with Crippen LogP contribution < -0.4 is 0 Å². The standard InChI is InChI=1S/C16H14N2O/c19-18-16(10-12-6-2-1-3-7-12)14-11-17-15-9-5-4-8-13(14)15/h1-9,11,17,19H,10H2. The van der Waals surface area contributed by atoms with Crippen LogP contribution in [0.4, 0.5) is 0 Å². The number of hydrogen-bond donors (Lipinski definition) is 2. The molecule has 0 aliphatic rings. The van der Waals surface area contributed by atoms with E-state index in [1.807, 2.05) is 60.8 Å². The second-order valence-corrected chi connectivity index (χ2v) is 4.46. The number of aromatic nitrogens is 1. The lowest BCUT2D eigenvalue weighted by molar-refractivity contribution is 0.318. The van der Waals surface area contributed by atoms with Crippen molar-refractivity contribution in [3.8, 4) is 0 Å². The molecule has 3 nitrogen and oxygen atoms in total. The van der Waals surface area contributed by atoms with E-state index < -0.39 is 0 Å². The van der Waals surface area contributed by atoms with Crippen LogP contribution in [0.15, 0.2) is 65.9 Å². The van der Waals surface area contributed by atoms with Gasteiger partial charge in [-0.05, 0) is 11.6 Å². The molecule has 0 aliphatic carbocycles. The summed E-state index contributed by atoms with van der Waals surface area (Å²) in [5.74, 6) is 0. The summed E-state index contributed by atoms with van der Waals surface area (Å²) < 4.78 is 0. The molecular weight excluding hydrogens is 236 g/mol. The van der Waals surface area contributed by atoms with Crippen LogP contribution in [-0.4, -0.2) is 15.9 Å². The molecule has 0 radical (unpaired) electrons. The number of para-hydroxylation sites is 1. The Hall–Kier alpha value is -2.55. The first kappa shape index (κ1) is 11.5. The Morgan fingerprint density at radius 2 is 1.74 bits per heavy atom. The zero-order valence-electron chi connectivity index (χ0n) is 10.4. The normalized spacial score (nSPS) is 11.9. The van der Waals surface area contributed by atoms with Crippen molar-refractivity contribution >= 4 is 16.6 Å². The topological polar surface area (TPSA) is 48.4 Å². The van der Waals surface area contributed by atoms with Crippen LogP contribution in [0.25, 0.3) is 10.9 Å². The maximum absolute atomic E-state index is 9.29. The minimum Gasteiger partial charge on any atom is -0.411 e. The Labute approximate surface area is 111 Å². The van der Waals surface area contributed by atoms with Gasteiger partial charge >= 0.3 is 0 Å². The van der Waals surface area contributed by atoms with Crippen LogP contribution in [0.2, 0.25) is 0 Å². The third-order valence-electron chi connectivity index (χ3n) is 3.24. The number of nitrogens with one attached hydrogen (secondary N) is 1. The molecule has 2 N–H and O–H groups in total. The van der Waals surface area contributed by atoms with Crippen molar-refractivity contribution in [2.45, 2.75) is 6.42 Å². The van der Waals surface area contributed by atoms with E-state index in [2.05, 4.69) is 10.1 Å². The maximum Gasteiger partial charge on any atom is 0.0932 e. The van der Waals surface area contributed by atoms with Crippen molar-refractivity contribution in [1.82, 2.24) is 4.98 Å². The predicted octanol–water partition coefficient (Wildman–Crippen LogP) is 3.59. The molecule has 94 valence electrons. The molecule has 0 amide bonds. The third-order valence-corrected chi connectivity index (χ3v) is 3.24. The van der Waals surface area contributed by atoms with E-state index in [0.29, 0.717) is 12.1 Å². The fraction of sp³-hybridized carbons (Fsp3) is 0.0625. The second kappa shape index (κ2) is 4.98. The van der Waals surface area contributed by atoms with Gasteiger partial charge in [-0.15, -0.1) is 0 Å². The molecule has 0 spiro atoms. The Bertz CT molecular complexity index is 714. The highest BCUT2D eigenvalue weighted by Crippen LogP contribution is 2.20. The monoisotopic (exact) mass is 250 g/mol. The van der Waals surface area contributed by atoms with Crippen LogP contribution in [-0.2, 0) is 6.42 Å². The summed E-state index contributed by atoms with van der Waals surface area (Å²) >= 11 is 0. The van der Waals surface area contributed by atoms with Gasteiger partial charge in [0.25, 0.3) is 0 Å². The Morgan fingerprint density at radius 3 is 2.53 bits per heavy atom. The van der Waals surface area contributed by atoms with Gasteiger partial charge in [0.15, 0.2) is 0 Å². The van der Waals surface area contributed by atoms with E-state index >= 15 is 0 Å². The SMILES string of the molecule is ON=C(Cc1ccccc1)c1c[nH]c2ccccc12. The van der Waals surface area contributed by atoms with Gasteiger partial charge in [0.2, 0.25) is 0 Å². The quantitative estimate of drug-likeness (QED) is 0.416. The molecule has 0 saturated heterocycles. The average Bonchev–Trinajstić information content (AvgIpc) is 2.90. The molecule has 3 heteroatoms. The van der Waals surface area contributed by atoms with Gasteiger partial charge in [-0.2, -0.15) is 0 Å². The van der Waals surface area contributed by atoms with Crippen molar-refractivity contribution in [1.29, 1.82) is 0 Å². The summed E-state index contributed by atoms with van der Waals surface area (Å²) in [6.07, 6.45) is 2.50. The number of oxime groups is 1. The van der Waals surface area contributed by atoms with Crippen LogP contribution in [0.1, 0.15) is 11.1 Å². The van der Waals surface area contributed by atoms with E-state index in [1.54, 1.807) is 0 Å². The first-order chi connectivity index (χ1) is 9.38. The Morgan fingerprint density at radius 1 is 1.00 bits per heavy atom. The Balaban J connectivity index is 1.99. The summed E-state index contributed by atoms with van der Waals surface area (Å²) in [4.78, 5) is 3.20. The molecule has 0 atom stereocenters. The molecule has 19 heavy (non-hydrogen) atoms. The van der Waals surface area contributed by atoms with Crippen LogP contribution in [0.3, 0.4) is 0 Å². The van der Waals surface area contributed by atoms with Crippen molar-refractivity contribution in [3.05, 3.63) is 71.9 Å². The maximum atomic E-state index is 9.29. The first-order valence-electron chi connectivity index (χ1n) is 6.20. The zero-order chi connectivity index (χ0) is 13.1. The zero-order valence-corrected chi connectivity index (χ0v) is 10.4. The minimum absolute atomic E-state index is 0.610. The average molecular weight is 250 g/mol. The summed E-state index contributed by atoms with van der Waals surface area (Å²) in [6, 6.07) is 18.0. The van der Waals surface area contributed by atoms with Crippen LogP contribution in [0.5, 0.6) is 0 Å². The van der Waals surface area contributed by atoms with Gasteiger partial charge < -0.3 is 10.2 Å². The number of hydrogen-bond acceptors (Lipinski definition) is 2. The molecule has 0 saturated carbocycles. The van der Waals surface area contributed by atoms with Crippen molar-refractivity contribution in [2.75, 3.05) is 0 Å². The van der Waals surface area contributed by atoms with Gasteiger partial charge in [0.05, 0.1) is 5.71 Å². The number of fused-ring (bicyclic) bond motifs is 1. The summed E-state index contributed by atoms with van der Waals surface area (Å²) in [6.45, 7) is 0. The lowest BCUT2D eigenvalue weighted by atomic mass is 10.0. The molecule has 0 bridgehead atoms. The van der Waals surface area contributed by atoms with E-state index in [9.17, 15) is 5.21 Å². The number of nitrogens with zero attached hydrogens (tertiary/aromatic N) is 1. The summed E-state index contributed by atoms with van der Waals surface area (Å²) in [7, 11) is 0. The van der Waals surface area contributed by atoms with Crippen molar-refractivity contribution in [2.24, 2.45) is 5.16 Å². The van der Waals surface area contributed by atoms with E-state index in [0.717, 1.165) is 22.0 Å². The first-order valence-corrected chi connectivity index (χ1v) is 6.20. The van der Waals surface area contributed by atoms with Gasteiger partial charge in [-0.1, -0.05) is 53.7 Å². The largest absolute Gasteiger partial charge is 0.411 e. The molecule has 0 fully saturated rings. The molecule has 0 aliphatic heterocycles. The molecule has 1 heterocycles. The highest BCUT2D eigenvalue weighted by Gasteiger charge is 2.11. The predicted molar refractivity (Wildman–Crippen MR) is 76.8 cm³/mol. The number of H-pyrrole nitrogens is 1. The fourth-order valence-corrected chi connectivity index (χ4v) is 2.28. The Kier molecular flexibility index (Phi) is 3.02. The summed E-state index contributed by atoms with van der Waals surface area (Å²) in [5.41, 5.74) is 3.79. The molecule has 3 rings (SSSR count). The van der Waals surface area contributed by atoms with E-state index in [-0.39, 0.29) is 0 Å². The summed E-state index contributed by atoms with van der Waals surface area (Å²) in [5, 5.41) is 13.8. The minimum atomic E-state index is 0.610. The van der Waals surface area contributed by atoms with Crippen molar-refractivity contribution < 1.29 is 5.21 Å². The lowest BCUT2D eigenvalue weighted by Crippen LogP contribution is -2.04. The number of aromatic amines is 1. The van der Waals surface area contributed by atoms with Crippen molar-refractivity contribution in [3.63, 3.8) is 0 Å². The van der Waals surface area contributed by atoms with Gasteiger partial charge in [-0.25, -0.2) is 0 Å². The van der Waals surface area contributed by atoms with E-state index in [1.165, 1.54) is 0 Å².